The maximum atomic E-state index is 14.2. The van der Waals surface area contributed by atoms with E-state index in [0.717, 1.165) is 57.9 Å². The van der Waals surface area contributed by atoms with Crippen molar-refractivity contribution in [1.82, 2.24) is 0 Å². The molecule has 1 N–H and O–H groups in total. The zero-order valence-electron chi connectivity index (χ0n) is 43.9. The molecule has 16 nitrogen and oxygen atoms in total. The maximum absolute atomic E-state index is 14.2. The first-order chi connectivity index (χ1) is 36.4. The number of amides is 2. The van der Waals surface area contributed by atoms with Crippen LogP contribution in [0.25, 0.3) is 0 Å². The molecule has 5 aromatic carbocycles. The molecule has 17 heteroatoms. The molecule has 1 atom stereocenters. The first kappa shape index (κ1) is 54.5. The summed E-state index contributed by atoms with van der Waals surface area (Å²) in [5.41, 5.74) is 8.58. The Labute approximate surface area is 444 Å². The van der Waals surface area contributed by atoms with Gasteiger partial charge in [-0.1, -0.05) is 36.4 Å². The number of thioether (sulfide) groups is 1. The van der Waals surface area contributed by atoms with Crippen LogP contribution in [0.3, 0.4) is 0 Å². The monoisotopic (exact) mass is 1040 g/mol. The van der Waals surface area contributed by atoms with Crippen molar-refractivity contribution >= 4 is 64.7 Å². The van der Waals surface area contributed by atoms with Crippen LogP contribution in [-0.4, -0.2) is 129 Å². The van der Waals surface area contributed by atoms with Gasteiger partial charge in [-0.2, -0.15) is 11.8 Å². The summed E-state index contributed by atoms with van der Waals surface area (Å²) in [6.07, 6.45) is 2.57. The summed E-state index contributed by atoms with van der Waals surface area (Å²) in [6, 6.07) is 29.2. The maximum Gasteiger partial charge on any atom is 0.305 e. The molecule has 0 saturated carbocycles. The molecule has 3 heterocycles. The summed E-state index contributed by atoms with van der Waals surface area (Å²) in [4.78, 5) is 50.5. The van der Waals surface area contributed by atoms with Crippen molar-refractivity contribution in [3.63, 3.8) is 0 Å². The lowest BCUT2D eigenvalue weighted by Crippen LogP contribution is -2.39. The van der Waals surface area contributed by atoms with Crippen LogP contribution >= 0.6 is 11.8 Å². The number of ether oxygens (including phenoxy) is 8. The molecule has 0 spiro atoms. The third kappa shape index (κ3) is 13.4. The molecule has 0 aliphatic carbocycles. The summed E-state index contributed by atoms with van der Waals surface area (Å²) in [6.45, 7) is 13.1. The fourth-order valence-electron chi connectivity index (χ4n) is 9.76. The Morgan fingerprint density at radius 2 is 1.47 bits per heavy atom. The number of anilines is 4. The second kappa shape index (κ2) is 25.6. The number of esters is 1. The van der Waals surface area contributed by atoms with Crippen LogP contribution < -0.4 is 39.0 Å². The molecule has 0 saturated heterocycles. The second-order valence-electron chi connectivity index (χ2n) is 19.1. The molecule has 2 amide bonds. The van der Waals surface area contributed by atoms with Crippen molar-refractivity contribution in [3.8, 4) is 23.0 Å². The number of para-hydroxylation sites is 2. The van der Waals surface area contributed by atoms with Crippen LogP contribution in [0.15, 0.2) is 96.0 Å². The van der Waals surface area contributed by atoms with Gasteiger partial charge in [-0.15, -0.1) is 0 Å². The molecule has 398 valence electrons. The van der Waals surface area contributed by atoms with Gasteiger partial charge < -0.3 is 57.9 Å². The molecule has 3 aliphatic heterocycles. The average Bonchev–Trinajstić information content (AvgIpc) is 4.01. The highest BCUT2D eigenvalue weighted by Gasteiger charge is 2.38. The predicted molar refractivity (Wildman–Crippen MR) is 295 cm³/mol. The summed E-state index contributed by atoms with van der Waals surface area (Å²) >= 11 is 1.79. The van der Waals surface area contributed by atoms with Gasteiger partial charge in [-0.3, -0.25) is 19.4 Å². The minimum Gasteiger partial charge on any atom is -0.493 e. The van der Waals surface area contributed by atoms with Crippen molar-refractivity contribution < 1.29 is 52.3 Å². The van der Waals surface area contributed by atoms with E-state index in [0.29, 0.717) is 118 Å². The predicted octanol–water partition coefficient (Wildman–Crippen LogP) is 9.34. The number of carbonyl (C=O) groups is 3. The Bertz CT molecular complexity index is 2820. The van der Waals surface area contributed by atoms with Crippen molar-refractivity contribution in [3.05, 3.63) is 124 Å². The molecular weight excluding hydrogens is 975 g/mol. The lowest BCUT2D eigenvalue weighted by molar-refractivity contribution is -0.140. The SMILES string of the molecule is C=Nc1cc(OCc2cc(COc3cc4c(cc3OC)C(=O)N3c5ccccc5C[C@H]3CN4)cc(N(CCOCCOCCOC)CC(C)(C)SCCCC(=O)OC)c2)c(OC)cc1C(=O)N1CCc2ccccc21. The van der Waals surface area contributed by atoms with Crippen molar-refractivity contribution in [2.75, 3.05) is 113 Å². The molecule has 8 rings (SSSR count). The smallest absolute Gasteiger partial charge is 0.305 e. The zero-order valence-corrected chi connectivity index (χ0v) is 44.8. The minimum atomic E-state index is -0.253. The van der Waals surface area contributed by atoms with E-state index in [9.17, 15) is 14.4 Å². The Hall–Kier alpha value is -6.79. The number of methoxy groups -OCH3 is 4. The van der Waals surface area contributed by atoms with E-state index in [2.05, 4.69) is 54.0 Å². The van der Waals surface area contributed by atoms with Gasteiger partial charge in [0.2, 0.25) is 0 Å². The average molecular weight is 1040 g/mol. The van der Waals surface area contributed by atoms with Gasteiger partial charge >= 0.3 is 5.97 Å². The highest BCUT2D eigenvalue weighted by atomic mass is 32.2. The van der Waals surface area contributed by atoms with E-state index in [4.69, 9.17) is 37.9 Å². The lowest BCUT2D eigenvalue weighted by Gasteiger charge is -2.34. The molecule has 0 fully saturated rings. The van der Waals surface area contributed by atoms with Gasteiger partial charge in [0, 0.05) is 73.7 Å². The Morgan fingerprint density at radius 3 is 2.17 bits per heavy atom. The number of hydrogen-bond acceptors (Lipinski definition) is 15. The summed E-state index contributed by atoms with van der Waals surface area (Å²) < 4.78 is 46.6. The Balaban J connectivity index is 1.08. The van der Waals surface area contributed by atoms with Gasteiger partial charge in [0.15, 0.2) is 23.0 Å². The number of nitrogens with one attached hydrogen (secondary N) is 1. The summed E-state index contributed by atoms with van der Waals surface area (Å²) in [7, 11) is 6.17. The third-order valence-corrected chi connectivity index (χ3v) is 14.9. The topological polar surface area (TPSA) is 159 Å². The van der Waals surface area contributed by atoms with Crippen LogP contribution in [-0.2, 0) is 49.8 Å². The molecular formula is C58H69N5O11S. The summed E-state index contributed by atoms with van der Waals surface area (Å²) in [5, 5.41) is 3.54. The van der Waals surface area contributed by atoms with Crippen molar-refractivity contribution in [2.24, 2.45) is 4.99 Å². The van der Waals surface area contributed by atoms with Gasteiger partial charge in [0.1, 0.15) is 13.2 Å². The molecule has 0 radical (unpaired) electrons. The first-order valence-electron chi connectivity index (χ1n) is 25.4. The van der Waals surface area contributed by atoms with E-state index in [1.54, 1.807) is 56.2 Å². The van der Waals surface area contributed by atoms with E-state index in [-0.39, 0.29) is 41.8 Å². The van der Waals surface area contributed by atoms with E-state index in [1.807, 2.05) is 59.5 Å². The molecule has 0 unspecified atom stereocenters. The number of aliphatic imine (C=N–C) groups is 1. The molecule has 5 aromatic rings. The van der Waals surface area contributed by atoms with Crippen LogP contribution in [0.2, 0.25) is 0 Å². The minimum absolute atomic E-state index is 0.0278. The summed E-state index contributed by atoms with van der Waals surface area (Å²) in [5.74, 6) is 1.93. The van der Waals surface area contributed by atoms with Gasteiger partial charge in [-0.05, 0) is 110 Å². The molecule has 0 aromatic heterocycles. The van der Waals surface area contributed by atoms with Gasteiger partial charge in [0.05, 0.1) is 82.9 Å². The van der Waals surface area contributed by atoms with Gasteiger partial charge in [-0.25, -0.2) is 0 Å². The quantitative estimate of drug-likeness (QED) is 0.0301. The number of nitrogens with zero attached hydrogens (tertiary/aromatic N) is 4. The van der Waals surface area contributed by atoms with E-state index < -0.39 is 0 Å². The normalized spacial score (nSPS) is 14.5. The molecule has 3 aliphatic rings. The molecule has 75 heavy (non-hydrogen) atoms. The first-order valence-corrected chi connectivity index (χ1v) is 26.4. The van der Waals surface area contributed by atoms with Crippen molar-refractivity contribution in [1.29, 1.82) is 0 Å². The van der Waals surface area contributed by atoms with E-state index in [1.165, 1.54) is 7.11 Å². The number of fused-ring (bicyclic) bond motifs is 5. The zero-order chi connectivity index (χ0) is 52.9. The van der Waals surface area contributed by atoms with Crippen LogP contribution in [0.4, 0.5) is 28.4 Å². The van der Waals surface area contributed by atoms with Crippen molar-refractivity contribution in [2.45, 2.75) is 63.5 Å². The Morgan fingerprint density at radius 1 is 0.800 bits per heavy atom. The standard InChI is InChI=1S/C58H69N5O11S/c1-58(2,75-26-12-17-55(64)70-7)38-61(20-21-71-24-25-72-23-22-67-4)43-28-39(36-73-53-33-47(59-3)45(31-51(53)68-5)56(65)62-19-18-41-13-8-10-15-49(41)62)27-40(29-43)37-74-54-34-48-46(32-52(54)69-6)57(66)63-44(35-60-48)30-42-14-9-11-16-50(42)63/h8-11,13-16,27-29,31-34,44,60H,3,12,17-26,30,35-38H2,1-2,4-7H3/t44-/m0/s1. The number of rotatable bonds is 27. The fourth-order valence-corrected chi connectivity index (χ4v) is 10.8. The Kier molecular flexibility index (Phi) is 18.6. The third-order valence-electron chi connectivity index (χ3n) is 13.5. The van der Waals surface area contributed by atoms with Gasteiger partial charge in [0.25, 0.3) is 11.8 Å². The van der Waals surface area contributed by atoms with E-state index >= 15 is 0 Å². The largest absolute Gasteiger partial charge is 0.493 e. The highest BCUT2D eigenvalue weighted by Crippen LogP contribution is 2.42. The lowest BCUT2D eigenvalue weighted by atomic mass is 10.1. The van der Waals surface area contributed by atoms with Crippen LogP contribution in [0.1, 0.15) is 69.7 Å². The fraction of sp³-hybridized carbons (Fsp3) is 0.414. The number of benzene rings is 5. The number of hydrogen-bond donors (Lipinski definition) is 1. The van der Waals surface area contributed by atoms with Crippen LogP contribution in [0, 0.1) is 0 Å². The molecule has 0 bridgehead atoms. The number of carbonyl (C=O) groups excluding carboxylic acids is 3. The highest BCUT2D eigenvalue weighted by molar-refractivity contribution is 8.00. The second-order valence-corrected chi connectivity index (χ2v) is 20.9. The van der Waals surface area contributed by atoms with Crippen LogP contribution in [0.5, 0.6) is 23.0 Å².